The van der Waals surface area contributed by atoms with Crippen LogP contribution in [0.25, 0.3) is 11.1 Å². The highest BCUT2D eigenvalue weighted by Crippen LogP contribution is 2.27. The van der Waals surface area contributed by atoms with Crippen molar-refractivity contribution in [2.75, 3.05) is 0 Å². The van der Waals surface area contributed by atoms with Crippen LogP contribution in [-0.2, 0) is 21.2 Å². The Bertz CT molecular complexity index is 1010. The van der Waals surface area contributed by atoms with Gasteiger partial charge in [0.2, 0.25) is 10.0 Å². The summed E-state index contributed by atoms with van der Waals surface area (Å²) in [7, 11) is -3.76. The smallest absolute Gasteiger partial charge is 0.311 e. The number of sulfonamides is 1. The van der Waals surface area contributed by atoms with E-state index in [1.54, 1.807) is 30.3 Å². The first-order chi connectivity index (χ1) is 12.3. The SMILES string of the molecule is NS(=O)(=O)c1ccc(-c2cccc(C(Cc3ncco3)C(=O)O)c2)cc1. The first-order valence-electron chi connectivity index (χ1n) is 7.69. The molecule has 3 aromatic rings. The molecular weight excluding hydrogens is 356 g/mol. The maximum absolute atomic E-state index is 11.7. The lowest BCUT2D eigenvalue weighted by atomic mass is 9.92. The number of hydrogen-bond acceptors (Lipinski definition) is 5. The van der Waals surface area contributed by atoms with Crippen molar-refractivity contribution in [2.45, 2.75) is 17.2 Å². The zero-order valence-corrected chi connectivity index (χ0v) is 14.4. The molecule has 1 atom stereocenters. The Morgan fingerprint density at radius 3 is 2.46 bits per heavy atom. The van der Waals surface area contributed by atoms with Crippen LogP contribution < -0.4 is 5.14 Å². The highest BCUT2D eigenvalue weighted by atomic mass is 32.2. The van der Waals surface area contributed by atoms with Crippen LogP contribution in [0, 0.1) is 0 Å². The van der Waals surface area contributed by atoms with Gasteiger partial charge in [-0.3, -0.25) is 4.79 Å². The molecular formula is C18H16N2O5S. The molecule has 0 radical (unpaired) electrons. The number of carbonyl (C=O) groups is 1. The zero-order chi connectivity index (χ0) is 18.7. The highest BCUT2D eigenvalue weighted by molar-refractivity contribution is 7.89. The number of carboxylic acids is 1. The van der Waals surface area contributed by atoms with Gasteiger partial charge >= 0.3 is 5.97 Å². The molecule has 0 aliphatic heterocycles. The molecule has 1 unspecified atom stereocenters. The summed E-state index contributed by atoms with van der Waals surface area (Å²) in [6, 6.07) is 13.1. The summed E-state index contributed by atoms with van der Waals surface area (Å²) < 4.78 is 27.8. The summed E-state index contributed by atoms with van der Waals surface area (Å²) in [6.45, 7) is 0. The fraction of sp³-hybridized carbons (Fsp3) is 0.111. The third-order valence-electron chi connectivity index (χ3n) is 3.97. The van der Waals surface area contributed by atoms with Gasteiger partial charge in [-0.1, -0.05) is 36.4 Å². The van der Waals surface area contributed by atoms with E-state index in [2.05, 4.69) is 4.98 Å². The molecule has 1 heterocycles. The van der Waals surface area contributed by atoms with E-state index >= 15 is 0 Å². The van der Waals surface area contributed by atoms with Crippen LogP contribution in [0.5, 0.6) is 0 Å². The first-order valence-corrected chi connectivity index (χ1v) is 9.23. The fourth-order valence-electron chi connectivity index (χ4n) is 2.65. The second-order valence-electron chi connectivity index (χ2n) is 5.72. The van der Waals surface area contributed by atoms with Gasteiger partial charge in [-0.2, -0.15) is 0 Å². The molecule has 0 aliphatic rings. The number of rotatable bonds is 6. The molecule has 0 saturated heterocycles. The molecule has 3 rings (SSSR count). The molecule has 1 aromatic heterocycles. The van der Waals surface area contributed by atoms with Crippen molar-refractivity contribution < 1.29 is 22.7 Å². The minimum Gasteiger partial charge on any atom is -0.481 e. The predicted octanol–water partition coefficient (Wildman–Crippen LogP) is 2.40. The standard InChI is InChI=1S/C18H16N2O5S/c19-26(23,24)15-6-4-12(5-7-15)13-2-1-3-14(10-13)16(18(21)22)11-17-20-8-9-25-17/h1-10,16H,11H2,(H,21,22)(H2,19,23,24). The average Bonchev–Trinajstić information content (AvgIpc) is 3.12. The summed E-state index contributed by atoms with van der Waals surface area (Å²) in [5.74, 6) is -1.44. The minimum absolute atomic E-state index is 0.0183. The lowest BCUT2D eigenvalue weighted by molar-refractivity contribution is -0.138. The third-order valence-corrected chi connectivity index (χ3v) is 4.89. The van der Waals surface area contributed by atoms with Crippen LogP contribution >= 0.6 is 0 Å². The number of hydrogen-bond donors (Lipinski definition) is 2. The second-order valence-corrected chi connectivity index (χ2v) is 7.28. The van der Waals surface area contributed by atoms with Crippen LogP contribution in [0.4, 0.5) is 0 Å². The summed E-state index contributed by atoms with van der Waals surface area (Å²) in [5.41, 5.74) is 2.12. The number of aromatic nitrogens is 1. The van der Waals surface area contributed by atoms with Crippen LogP contribution in [0.1, 0.15) is 17.4 Å². The summed E-state index contributed by atoms with van der Waals surface area (Å²) in [4.78, 5) is 15.7. The number of nitrogens with zero attached hydrogens (tertiary/aromatic N) is 1. The van der Waals surface area contributed by atoms with Gasteiger partial charge in [-0.15, -0.1) is 0 Å². The Morgan fingerprint density at radius 1 is 1.15 bits per heavy atom. The average molecular weight is 372 g/mol. The summed E-state index contributed by atoms with van der Waals surface area (Å²) >= 11 is 0. The molecule has 0 spiro atoms. The normalized spacial score (nSPS) is 12.7. The molecule has 0 aliphatic carbocycles. The maximum Gasteiger partial charge on any atom is 0.311 e. The number of primary sulfonamides is 1. The van der Waals surface area contributed by atoms with Crippen LogP contribution in [0.15, 0.2) is 70.3 Å². The quantitative estimate of drug-likeness (QED) is 0.685. The molecule has 0 amide bonds. The Balaban J connectivity index is 1.92. The van der Waals surface area contributed by atoms with Crippen LogP contribution in [0.3, 0.4) is 0 Å². The van der Waals surface area contributed by atoms with Gasteiger partial charge < -0.3 is 9.52 Å². The van der Waals surface area contributed by atoms with Crippen molar-refractivity contribution in [3.8, 4) is 11.1 Å². The van der Waals surface area contributed by atoms with Gasteiger partial charge in [0.05, 0.1) is 17.0 Å². The lowest BCUT2D eigenvalue weighted by Gasteiger charge is -2.13. The monoisotopic (exact) mass is 372 g/mol. The van der Waals surface area contributed by atoms with E-state index in [1.807, 2.05) is 6.07 Å². The molecule has 0 saturated carbocycles. The third kappa shape index (κ3) is 3.98. The topological polar surface area (TPSA) is 123 Å². The van der Waals surface area contributed by atoms with E-state index in [-0.39, 0.29) is 11.3 Å². The molecule has 134 valence electrons. The van der Waals surface area contributed by atoms with Crippen molar-refractivity contribution in [3.05, 3.63) is 72.4 Å². The fourth-order valence-corrected chi connectivity index (χ4v) is 3.16. The van der Waals surface area contributed by atoms with Crippen molar-refractivity contribution >= 4 is 16.0 Å². The Hall–Kier alpha value is -2.97. The van der Waals surface area contributed by atoms with E-state index in [1.165, 1.54) is 24.6 Å². The largest absolute Gasteiger partial charge is 0.481 e. The van der Waals surface area contributed by atoms with E-state index in [4.69, 9.17) is 9.56 Å². The van der Waals surface area contributed by atoms with Crippen molar-refractivity contribution in [1.29, 1.82) is 0 Å². The maximum atomic E-state index is 11.7. The van der Waals surface area contributed by atoms with Crippen molar-refractivity contribution in [2.24, 2.45) is 5.14 Å². The molecule has 8 heteroatoms. The zero-order valence-electron chi connectivity index (χ0n) is 13.6. The molecule has 26 heavy (non-hydrogen) atoms. The minimum atomic E-state index is -3.76. The van der Waals surface area contributed by atoms with Gasteiger partial charge in [-0.25, -0.2) is 18.5 Å². The highest BCUT2D eigenvalue weighted by Gasteiger charge is 2.22. The van der Waals surface area contributed by atoms with Gasteiger partial charge in [0.1, 0.15) is 6.26 Å². The molecule has 3 N–H and O–H groups in total. The van der Waals surface area contributed by atoms with E-state index in [0.717, 1.165) is 11.1 Å². The van der Waals surface area contributed by atoms with Gasteiger partial charge in [-0.05, 0) is 28.8 Å². The van der Waals surface area contributed by atoms with Gasteiger partial charge in [0, 0.05) is 6.42 Å². The van der Waals surface area contributed by atoms with E-state index in [0.29, 0.717) is 11.5 Å². The van der Waals surface area contributed by atoms with E-state index < -0.39 is 21.9 Å². The molecule has 7 nitrogen and oxygen atoms in total. The van der Waals surface area contributed by atoms with Crippen LogP contribution in [-0.4, -0.2) is 24.5 Å². The molecule has 2 aromatic carbocycles. The second kappa shape index (κ2) is 7.11. The summed E-state index contributed by atoms with van der Waals surface area (Å²) in [6.07, 6.45) is 3.01. The molecule has 0 fully saturated rings. The number of nitrogens with two attached hydrogens (primary N) is 1. The van der Waals surface area contributed by atoms with Crippen molar-refractivity contribution in [3.63, 3.8) is 0 Å². The first kappa shape index (κ1) is 17.8. The molecule has 0 bridgehead atoms. The van der Waals surface area contributed by atoms with Gasteiger partial charge in [0.25, 0.3) is 0 Å². The summed E-state index contributed by atoms with van der Waals surface area (Å²) in [5, 5.41) is 14.7. The van der Waals surface area contributed by atoms with Crippen molar-refractivity contribution in [1.82, 2.24) is 4.98 Å². The van der Waals surface area contributed by atoms with Crippen LogP contribution in [0.2, 0.25) is 0 Å². The number of aliphatic carboxylic acids is 1. The number of oxazole rings is 1. The van der Waals surface area contributed by atoms with E-state index in [9.17, 15) is 18.3 Å². The lowest BCUT2D eigenvalue weighted by Crippen LogP contribution is -2.14. The number of carboxylic acid groups (broad SMARTS) is 1. The Morgan fingerprint density at radius 2 is 1.88 bits per heavy atom. The predicted molar refractivity (Wildman–Crippen MR) is 93.8 cm³/mol. The van der Waals surface area contributed by atoms with Gasteiger partial charge in [0.15, 0.2) is 5.89 Å². The Kier molecular flexibility index (Phi) is 4.88. The Labute approximate surface area is 150 Å². The number of benzene rings is 2.